The predicted octanol–water partition coefficient (Wildman–Crippen LogP) is 3.10. The van der Waals surface area contributed by atoms with Crippen LogP contribution in [0.25, 0.3) is 0 Å². The minimum atomic E-state index is -2.36. The molecule has 3 N–H and O–H groups in total. The monoisotopic (exact) mass is 478 g/mol. The van der Waals surface area contributed by atoms with E-state index in [1.54, 1.807) is 0 Å². The van der Waals surface area contributed by atoms with Gasteiger partial charge in [0.05, 0.1) is 30.1 Å². The third kappa shape index (κ3) is 4.33. The highest BCUT2D eigenvalue weighted by molar-refractivity contribution is 5.84. The largest absolute Gasteiger partial charge is 0.481 e. The summed E-state index contributed by atoms with van der Waals surface area (Å²) in [6, 6.07) is -2.26. The van der Waals surface area contributed by atoms with Crippen molar-refractivity contribution in [2.45, 2.75) is 38.8 Å². The van der Waals surface area contributed by atoms with Gasteiger partial charge in [0, 0.05) is 29.7 Å². The van der Waals surface area contributed by atoms with Gasteiger partial charge in [-0.25, -0.2) is 17.6 Å². The fraction of sp³-hybridized carbons (Fsp3) is 0.619. The zero-order valence-electron chi connectivity index (χ0n) is 18.3. The van der Waals surface area contributed by atoms with Crippen LogP contribution in [0.5, 0.6) is 0 Å². The molecule has 0 spiro atoms. The van der Waals surface area contributed by atoms with Crippen LogP contribution < -0.4 is 5.32 Å². The first-order valence-electron chi connectivity index (χ1n) is 10.2. The second-order valence-electron chi connectivity index (χ2n) is 8.55. The Bertz CT molecular complexity index is 894. The molecule has 1 heterocycles. The number of ether oxygens (including phenoxy) is 1. The van der Waals surface area contributed by atoms with Gasteiger partial charge in [0.25, 0.3) is 0 Å². The number of hydrogen-bond acceptors (Lipinski definition) is 6. The molecule has 5 atom stereocenters. The molecule has 0 aliphatic carbocycles. The molecule has 0 radical (unpaired) electrons. The maximum absolute atomic E-state index is 15.0. The molecule has 184 valence electrons. The minimum absolute atomic E-state index is 0.212. The summed E-state index contributed by atoms with van der Waals surface area (Å²) in [7, 11) is 0. The maximum Gasteiger partial charge on any atom is 0.312 e. The summed E-state index contributed by atoms with van der Waals surface area (Å²) in [4.78, 5) is 35.6. The Kier molecular flexibility index (Phi) is 8.18. The lowest BCUT2D eigenvalue weighted by molar-refractivity contribution is -0.180. The fourth-order valence-electron chi connectivity index (χ4n) is 5.04. The van der Waals surface area contributed by atoms with Gasteiger partial charge >= 0.3 is 11.9 Å². The van der Waals surface area contributed by atoms with Crippen molar-refractivity contribution >= 4 is 11.9 Å². The van der Waals surface area contributed by atoms with E-state index in [2.05, 4.69) is 10.5 Å². The third-order valence-corrected chi connectivity index (χ3v) is 6.67. The number of hydrogen-bond donors (Lipinski definition) is 3. The first-order chi connectivity index (χ1) is 15.4. The number of carbonyl (C=O) groups is 2. The molecule has 5 unspecified atom stereocenters. The van der Waals surface area contributed by atoms with Gasteiger partial charge in [-0.15, -0.1) is 0 Å². The van der Waals surface area contributed by atoms with Gasteiger partial charge in [-0.3, -0.25) is 9.59 Å². The number of piperidine rings is 1. The molecule has 1 aliphatic rings. The second-order valence-corrected chi connectivity index (χ2v) is 8.55. The average molecular weight is 478 g/mol. The van der Waals surface area contributed by atoms with E-state index in [4.69, 9.17) is 4.74 Å². The minimum Gasteiger partial charge on any atom is -0.481 e. The molecule has 0 bridgehead atoms. The standard InChI is InChI=1S/C21H26F4N2O6/c1-10(2)21(19(30)31)15(9-33-5-4-26-32)27-14(8-22)20(3,18(28)29)17(21)16-12(24)6-11(23)7-13(16)25/h6-7,10,14-15,17,27H,4-5,8-9H2,1-3H3,(H,28,29)(H,30,31). The molecule has 0 aromatic heterocycles. The van der Waals surface area contributed by atoms with Crippen LogP contribution in [0.4, 0.5) is 17.6 Å². The quantitative estimate of drug-likeness (QED) is 0.268. The zero-order chi connectivity index (χ0) is 25.1. The van der Waals surface area contributed by atoms with Crippen molar-refractivity contribution in [1.29, 1.82) is 0 Å². The van der Waals surface area contributed by atoms with Crippen molar-refractivity contribution in [2.24, 2.45) is 21.9 Å². The normalized spacial score (nSPS) is 29.8. The Labute approximate surface area is 187 Å². The number of carboxylic acid groups (broad SMARTS) is 2. The molecule has 8 nitrogen and oxygen atoms in total. The number of nitroso groups, excluding NO2 is 1. The highest BCUT2D eigenvalue weighted by Gasteiger charge is 2.69. The second kappa shape index (κ2) is 10.1. The number of alkyl halides is 1. The Morgan fingerprint density at radius 3 is 2.15 bits per heavy atom. The van der Waals surface area contributed by atoms with Crippen LogP contribution in [-0.2, 0) is 14.3 Å². The molecule has 0 saturated carbocycles. The molecule has 1 aromatic rings. The Balaban J connectivity index is 2.91. The van der Waals surface area contributed by atoms with Crippen LogP contribution in [0, 0.1) is 39.1 Å². The smallest absolute Gasteiger partial charge is 0.312 e. The summed E-state index contributed by atoms with van der Waals surface area (Å²) in [6.45, 7) is 1.60. The van der Waals surface area contributed by atoms with E-state index in [0.717, 1.165) is 6.92 Å². The van der Waals surface area contributed by atoms with Gasteiger partial charge in [-0.1, -0.05) is 19.0 Å². The fourth-order valence-corrected chi connectivity index (χ4v) is 5.04. The van der Waals surface area contributed by atoms with Gasteiger partial charge < -0.3 is 20.3 Å². The SMILES string of the molecule is CC(C)C1(C(=O)O)C(COCCN=O)NC(CF)C(C)(C(=O)O)C1c1c(F)cc(F)cc1F. The molecule has 1 aliphatic heterocycles. The van der Waals surface area contributed by atoms with Crippen LogP contribution in [0.2, 0.25) is 0 Å². The van der Waals surface area contributed by atoms with Gasteiger partial charge in [-0.2, -0.15) is 4.91 Å². The lowest BCUT2D eigenvalue weighted by Gasteiger charge is -2.58. The van der Waals surface area contributed by atoms with Crippen LogP contribution in [0.3, 0.4) is 0 Å². The molecular weight excluding hydrogens is 452 g/mol. The van der Waals surface area contributed by atoms with Gasteiger partial charge in [0.1, 0.15) is 30.7 Å². The molecular formula is C21H26F4N2O6. The highest BCUT2D eigenvalue weighted by atomic mass is 19.1. The number of nitrogens with zero attached hydrogens (tertiary/aromatic N) is 1. The average Bonchev–Trinajstić information content (AvgIpc) is 2.71. The van der Waals surface area contributed by atoms with Crippen molar-refractivity contribution in [3.63, 3.8) is 0 Å². The number of rotatable bonds is 10. The number of nitrogens with one attached hydrogen (secondary N) is 1. The van der Waals surface area contributed by atoms with Gasteiger partial charge in [-0.05, 0) is 12.8 Å². The topological polar surface area (TPSA) is 125 Å². The van der Waals surface area contributed by atoms with Gasteiger partial charge in [0.2, 0.25) is 0 Å². The zero-order valence-corrected chi connectivity index (χ0v) is 18.3. The van der Waals surface area contributed by atoms with Crippen molar-refractivity contribution in [3.8, 4) is 0 Å². The van der Waals surface area contributed by atoms with Crippen LogP contribution in [-0.4, -0.2) is 60.7 Å². The summed E-state index contributed by atoms with van der Waals surface area (Å²) < 4.78 is 63.2. The van der Waals surface area contributed by atoms with E-state index in [-0.39, 0.29) is 13.2 Å². The molecule has 1 aromatic carbocycles. The Morgan fingerprint density at radius 2 is 1.73 bits per heavy atom. The highest BCUT2D eigenvalue weighted by Crippen LogP contribution is 2.59. The summed E-state index contributed by atoms with van der Waals surface area (Å²) in [5.74, 6) is -10.5. The van der Waals surface area contributed by atoms with E-state index in [1.807, 2.05) is 0 Å². The van der Waals surface area contributed by atoms with E-state index < -0.39 is 83.0 Å². The number of halogens is 4. The number of aliphatic carboxylic acids is 2. The van der Waals surface area contributed by atoms with Crippen molar-refractivity contribution < 1.29 is 42.1 Å². The summed E-state index contributed by atoms with van der Waals surface area (Å²) >= 11 is 0. The Hall–Kier alpha value is -2.60. The Morgan fingerprint density at radius 1 is 1.15 bits per heavy atom. The number of carboxylic acids is 2. The molecule has 12 heteroatoms. The molecule has 2 rings (SSSR count). The van der Waals surface area contributed by atoms with Crippen molar-refractivity contribution in [2.75, 3.05) is 26.4 Å². The summed E-state index contributed by atoms with van der Waals surface area (Å²) in [5, 5.41) is 25.8. The van der Waals surface area contributed by atoms with Crippen LogP contribution >= 0.6 is 0 Å². The van der Waals surface area contributed by atoms with E-state index in [9.17, 15) is 33.5 Å². The first-order valence-corrected chi connectivity index (χ1v) is 10.2. The summed E-state index contributed by atoms with van der Waals surface area (Å²) in [5.41, 5.74) is -5.57. The lowest BCUT2D eigenvalue weighted by atomic mass is 9.48. The third-order valence-electron chi connectivity index (χ3n) is 6.67. The lowest BCUT2D eigenvalue weighted by Crippen LogP contribution is -2.73. The van der Waals surface area contributed by atoms with Crippen molar-refractivity contribution in [1.82, 2.24) is 5.32 Å². The van der Waals surface area contributed by atoms with Crippen LogP contribution in [0.15, 0.2) is 17.3 Å². The van der Waals surface area contributed by atoms with Gasteiger partial charge in [0.15, 0.2) is 0 Å². The molecule has 33 heavy (non-hydrogen) atoms. The van der Waals surface area contributed by atoms with E-state index >= 15 is 8.78 Å². The van der Waals surface area contributed by atoms with E-state index in [0.29, 0.717) is 12.1 Å². The molecule has 1 saturated heterocycles. The predicted molar refractivity (Wildman–Crippen MR) is 108 cm³/mol. The maximum atomic E-state index is 15.0. The molecule has 1 fully saturated rings. The van der Waals surface area contributed by atoms with Crippen LogP contribution in [0.1, 0.15) is 32.3 Å². The summed E-state index contributed by atoms with van der Waals surface area (Å²) in [6.07, 6.45) is 0. The van der Waals surface area contributed by atoms with E-state index in [1.165, 1.54) is 13.8 Å². The van der Waals surface area contributed by atoms with Crippen molar-refractivity contribution in [3.05, 3.63) is 40.1 Å². The molecule has 0 amide bonds. The number of benzene rings is 1. The first kappa shape index (κ1) is 26.7.